The van der Waals surface area contributed by atoms with Gasteiger partial charge in [0.2, 0.25) is 0 Å². The molecule has 1 N–H and O–H groups in total. The zero-order chi connectivity index (χ0) is 13.0. The number of nitrogens with one attached hydrogen (secondary N) is 1. The van der Waals surface area contributed by atoms with Gasteiger partial charge in [-0.1, -0.05) is 23.7 Å². The van der Waals surface area contributed by atoms with Crippen molar-refractivity contribution in [2.75, 3.05) is 0 Å². The molecule has 1 aliphatic heterocycles. The summed E-state index contributed by atoms with van der Waals surface area (Å²) in [7, 11) is 0. The van der Waals surface area contributed by atoms with E-state index in [4.69, 9.17) is 11.6 Å². The molecule has 1 aliphatic carbocycles. The molecule has 1 atom stereocenters. The second kappa shape index (κ2) is 3.84. The van der Waals surface area contributed by atoms with Crippen LogP contribution in [0.2, 0.25) is 5.02 Å². The SMILES string of the molecule is O=C1NC(c2ccc(Cl)cc2)c2c1ncn2C1CC1. The molecule has 1 unspecified atom stereocenters. The molecule has 2 aliphatic rings. The number of aromatic nitrogens is 2. The molecule has 1 amide bonds. The summed E-state index contributed by atoms with van der Waals surface area (Å²) in [4.78, 5) is 16.2. The second-order valence-electron chi connectivity index (χ2n) is 5.07. The van der Waals surface area contributed by atoms with Gasteiger partial charge in [0, 0.05) is 11.1 Å². The lowest BCUT2D eigenvalue weighted by atomic mass is 10.1. The lowest BCUT2D eigenvalue weighted by Gasteiger charge is -2.15. The van der Waals surface area contributed by atoms with Gasteiger partial charge in [-0.2, -0.15) is 0 Å². The summed E-state index contributed by atoms with van der Waals surface area (Å²) in [6.07, 6.45) is 4.14. The molecule has 4 rings (SSSR count). The average Bonchev–Trinajstić information content (AvgIpc) is 3.07. The summed E-state index contributed by atoms with van der Waals surface area (Å²) < 4.78 is 2.15. The molecule has 1 saturated carbocycles. The van der Waals surface area contributed by atoms with Gasteiger partial charge in [-0.3, -0.25) is 4.79 Å². The molecule has 4 nitrogen and oxygen atoms in total. The highest BCUT2D eigenvalue weighted by atomic mass is 35.5. The Morgan fingerprint density at radius 3 is 2.68 bits per heavy atom. The number of carbonyl (C=O) groups excluding carboxylic acids is 1. The first-order chi connectivity index (χ1) is 9.24. The molecule has 0 saturated heterocycles. The largest absolute Gasteiger partial charge is 0.338 e. The third-order valence-corrected chi connectivity index (χ3v) is 3.99. The van der Waals surface area contributed by atoms with Crippen molar-refractivity contribution in [2.45, 2.75) is 24.9 Å². The zero-order valence-electron chi connectivity index (χ0n) is 10.1. The van der Waals surface area contributed by atoms with Gasteiger partial charge in [-0.05, 0) is 30.5 Å². The molecular formula is C14H12ClN3O. The van der Waals surface area contributed by atoms with Gasteiger partial charge in [0.25, 0.3) is 5.91 Å². The maximum absolute atomic E-state index is 12.0. The maximum Gasteiger partial charge on any atom is 0.272 e. The van der Waals surface area contributed by atoms with Crippen LogP contribution in [0, 0.1) is 0 Å². The Kier molecular flexibility index (Phi) is 2.23. The fourth-order valence-electron chi connectivity index (χ4n) is 2.64. The van der Waals surface area contributed by atoms with Crippen LogP contribution in [-0.4, -0.2) is 15.5 Å². The highest BCUT2D eigenvalue weighted by Gasteiger charge is 2.38. The van der Waals surface area contributed by atoms with Crippen LogP contribution in [0.4, 0.5) is 0 Å². The maximum atomic E-state index is 12.0. The van der Waals surface area contributed by atoms with Crippen LogP contribution in [0.15, 0.2) is 30.6 Å². The average molecular weight is 274 g/mol. The summed E-state index contributed by atoms with van der Waals surface area (Å²) in [6.45, 7) is 0. The summed E-state index contributed by atoms with van der Waals surface area (Å²) in [5.41, 5.74) is 2.60. The van der Waals surface area contributed by atoms with E-state index in [0.29, 0.717) is 16.8 Å². The molecule has 0 spiro atoms. The van der Waals surface area contributed by atoms with Gasteiger partial charge in [0.15, 0.2) is 5.69 Å². The molecule has 1 aromatic carbocycles. The van der Waals surface area contributed by atoms with Crippen LogP contribution in [-0.2, 0) is 0 Å². The summed E-state index contributed by atoms with van der Waals surface area (Å²) in [6, 6.07) is 8.00. The number of imidazole rings is 1. The highest BCUT2D eigenvalue weighted by molar-refractivity contribution is 6.30. The first-order valence-electron chi connectivity index (χ1n) is 6.37. The van der Waals surface area contributed by atoms with Gasteiger partial charge in [0.1, 0.15) is 0 Å². The minimum absolute atomic E-state index is 0.0886. The first kappa shape index (κ1) is 11.1. The quantitative estimate of drug-likeness (QED) is 0.914. The van der Waals surface area contributed by atoms with Crippen molar-refractivity contribution >= 4 is 17.5 Å². The number of carbonyl (C=O) groups is 1. The molecule has 0 bridgehead atoms. The van der Waals surface area contributed by atoms with E-state index in [-0.39, 0.29) is 11.9 Å². The van der Waals surface area contributed by atoms with E-state index in [1.54, 1.807) is 6.33 Å². The lowest BCUT2D eigenvalue weighted by molar-refractivity contribution is 0.0956. The number of benzene rings is 1. The van der Waals surface area contributed by atoms with Crippen LogP contribution in [0.3, 0.4) is 0 Å². The molecule has 2 aromatic rings. The van der Waals surface area contributed by atoms with Crippen molar-refractivity contribution in [1.82, 2.24) is 14.9 Å². The Bertz CT molecular complexity index is 658. The fraction of sp³-hybridized carbons (Fsp3) is 0.286. The Balaban J connectivity index is 1.82. The van der Waals surface area contributed by atoms with Gasteiger partial charge >= 0.3 is 0 Å². The van der Waals surface area contributed by atoms with Crippen molar-refractivity contribution in [2.24, 2.45) is 0 Å². The molecule has 5 heteroatoms. The summed E-state index contributed by atoms with van der Waals surface area (Å²) >= 11 is 5.91. The van der Waals surface area contributed by atoms with E-state index >= 15 is 0 Å². The van der Waals surface area contributed by atoms with Crippen LogP contribution in [0.5, 0.6) is 0 Å². The predicted octanol–water partition coefficient (Wildman–Crippen LogP) is 2.70. The fourth-order valence-corrected chi connectivity index (χ4v) is 2.77. The van der Waals surface area contributed by atoms with E-state index in [2.05, 4.69) is 14.9 Å². The van der Waals surface area contributed by atoms with Gasteiger partial charge < -0.3 is 9.88 Å². The number of fused-ring (bicyclic) bond motifs is 1. The van der Waals surface area contributed by atoms with Gasteiger partial charge in [0.05, 0.1) is 18.1 Å². The van der Waals surface area contributed by atoms with Crippen LogP contribution in [0.25, 0.3) is 0 Å². The third-order valence-electron chi connectivity index (χ3n) is 3.74. The first-order valence-corrected chi connectivity index (χ1v) is 6.75. The molecule has 2 heterocycles. The molecule has 96 valence electrons. The van der Waals surface area contributed by atoms with Crippen molar-refractivity contribution in [1.29, 1.82) is 0 Å². The predicted molar refractivity (Wildman–Crippen MR) is 71.3 cm³/mol. The number of rotatable bonds is 2. The topological polar surface area (TPSA) is 46.9 Å². The van der Waals surface area contributed by atoms with Crippen LogP contribution < -0.4 is 5.32 Å². The highest BCUT2D eigenvalue weighted by Crippen LogP contribution is 2.40. The van der Waals surface area contributed by atoms with E-state index in [0.717, 1.165) is 11.3 Å². The van der Waals surface area contributed by atoms with Crippen LogP contribution >= 0.6 is 11.6 Å². The molecular weight excluding hydrogens is 262 g/mol. The molecule has 19 heavy (non-hydrogen) atoms. The van der Waals surface area contributed by atoms with Crippen molar-refractivity contribution in [3.05, 3.63) is 52.6 Å². The van der Waals surface area contributed by atoms with Crippen molar-refractivity contribution < 1.29 is 4.79 Å². The minimum Gasteiger partial charge on any atom is -0.338 e. The van der Waals surface area contributed by atoms with Crippen molar-refractivity contribution in [3.63, 3.8) is 0 Å². The number of hydrogen-bond acceptors (Lipinski definition) is 2. The van der Waals surface area contributed by atoms with E-state index < -0.39 is 0 Å². The van der Waals surface area contributed by atoms with E-state index in [9.17, 15) is 4.79 Å². The number of hydrogen-bond donors (Lipinski definition) is 1. The van der Waals surface area contributed by atoms with Gasteiger partial charge in [-0.15, -0.1) is 0 Å². The smallest absolute Gasteiger partial charge is 0.272 e. The van der Waals surface area contributed by atoms with Gasteiger partial charge in [-0.25, -0.2) is 4.98 Å². The van der Waals surface area contributed by atoms with Crippen LogP contribution in [0.1, 0.15) is 46.7 Å². The Labute approximate surface area is 115 Å². The Morgan fingerprint density at radius 2 is 2.00 bits per heavy atom. The molecule has 0 radical (unpaired) electrons. The number of amides is 1. The second-order valence-corrected chi connectivity index (χ2v) is 5.51. The van der Waals surface area contributed by atoms with E-state index in [1.807, 2.05) is 24.3 Å². The number of halogens is 1. The summed E-state index contributed by atoms with van der Waals surface area (Å²) in [5, 5.41) is 3.69. The lowest BCUT2D eigenvalue weighted by Crippen LogP contribution is -2.21. The minimum atomic E-state index is -0.108. The standard InChI is InChI=1S/C14H12ClN3O/c15-9-3-1-8(2-4-9)11-13-12(14(19)17-11)16-7-18(13)10-5-6-10/h1-4,7,10-11H,5-6H2,(H,17,19). The Hall–Kier alpha value is -1.81. The van der Waals surface area contributed by atoms with Crippen molar-refractivity contribution in [3.8, 4) is 0 Å². The van der Waals surface area contributed by atoms with E-state index in [1.165, 1.54) is 12.8 Å². The monoisotopic (exact) mass is 273 g/mol. The third kappa shape index (κ3) is 1.67. The Morgan fingerprint density at radius 1 is 1.26 bits per heavy atom. The molecule has 1 fully saturated rings. The zero-order valence-corrected chi connectivity index (χ0v) is 10.9. The summed E-state index contributed by atoms with van der Waals surface area (Å²) in [5.74, 6) is -0.0886. The number of nitrogens with zero attached hydrogens (tertiary/aromatic N) is 2. The normalized spacial score (nSPS) is 21.3. The molecule has 1 aromatic heterocycles.